The summed E-state index contributed by atoms with van der Waals surface area (Å²) in [7, 11) is 1.38. The summed E-state index contributed by atoms with van der Waals surface area (Å²) in [6, 6.07) is 7.04. The Balaban J connectivity index is 2.56. The van der Waals surface area contributed by atoms with Crippen LogP contribution in [-0.2, 0) is 9.53 Å². The Kier molecular flexibility index (Phi) is 5.63. The van der Waals surface area contributed by atoms with Crippen LogP contribution < -0.4 is 0 Å². The lowest BCUT2D eigenvalue weighted by molar-refractivity contribution is -0.136. The molecule has 1 rings (SSSR count). The molecule has 17 heavy (non-hydrogen) atoms. The standard InChI is InChI=1S/C13H16O3S/c1-3-10(13(15)16-2)7-8-17-12-6-4-5-11(14)9-12/h4-7,9,14H,3,8H2,1-2H3/b10-7-. The first-order valence-electron chi connectivity index (χ1n) is 5.36. The summed E-state index contributed by atoms with van der Waals surface area (Å²) in [6.45, 7) is 1.92. The monoisotopic (exact) mass is 252 g/mol. The molecule has 0 saturated heterocycles. The zero-order valence-corrected chi connectivity index (χ0v) is 10.8. The molecule has 0 aromatic heterocycles. The summed E-state index contributed by atoms with van der Waals surface area (Å²) in [4.78, 5) is 12.3. The highest BCUT2D eigenvalue weighted by Gasteiger charge is 2.05. The molecule has 92 valence electrons. The number of phenolic OH excluding ortho intramolecular Hbond substituents is 1. The van der Waals surface area contributed by atoms with Crippen molar-refractivity contribution >= 4 is 17.7 Å². The van der Waals surface area contributed by atoms with Crippen LogP contribution in [-0.4, -0.2) is 23.9 Å². The molecular weight excluding hydrogens is 236 g/mol. The molecule has 1 aromatic carbocycles. The van der Waals surface area contributed by atoms with Gasteiger partial charge >= 0.3 is 5.97 Å². The number of hydrogen-bond donors (Lipinski definition) is 1. The minimum atomic E-state index is -0.274. The molecule has 0 spiro atoms. The van der Waals surface area contributed by atoms with Crippen molar-refractivity contribution in [1.82, 2.24) is 0 Å². The van der Waals surface area contributed by atoms with Gasteiger partial charge in [-0.3, -0.25) is 0 Å². The van der Waals surface area contributed by atoms with E-state index in [1.54, 1.807) is 30.0 Å². The van der Waals surface area contributed by atoms with Crippen LogP contribution in [0.4, 0.5) is 0 Å². The molecule has 0 radical (unpaired) electrons. The van der Waals surface area contributed by atoms with Gasteiger partial charge in [-0.25, -0.2) is 4.79 Å². The van der Waals surface area contributed by atoms with Crippen molar-refractivity contribution in [2.75, 3.05) is 12.9 Å². The Morgan fingerprint density at radius 2 is 2.29 bits per heavy atom. The number of thioether (sulfide) groups is 1. The van der Waals surface area contributed by atoms with Crippen LogP contribution in [0.3, 0.4) is 0 Å². The van der Waals surface area contributed by atoms with Crippen LogP contribution in [0.15, 0.2) is 40.8 Å². The number of rotatable bonds is 5. The van der Waals surface area contributed by atoms with Gasteiger partial charge in [0.05, 0.1) is 7.11 Å². The predicted octanol–water partition coefficient (Wildman–Crippen LogP) is 2.99. The third-order valence-corrected chi connectivity index (χ3v) is 3.15. The fourth-order valence-corrected chi connectivity index (χ4v) is 2.17. The molecule has 0 aliphatic rings. The highest BCUT2D eigenvalue weighted by molar-refractivity contribution is 7.99. The summed E-state index contributed by atoms with van der Waals surface area (Å²) in [5.74, 6) is 0.661. The van der Waals surface area contributed by atoms with E-state index in [1.165, 1.54) is 7.11 Å². The molecule has 0 aliphatic heterocycles. The van der Waals surface area contributed by atoms with Crippen molar-refractivity contribution in [2.45, 2.75) is 18.2 Å². The number of carbonyl (C=O) groups is 1. The quantitative estimate of drug-likeness (QED) is 0.497. The minimum absolute atomic E-state index is 0.252. The van der Waals surface area contributed by atoms with E-state index in [1.807, 2.05) is 19.1 Å². The number of hydrogen-bond acceptors (Lipinski definition) is 4. The molecule has 3 nitrogen and oxygen atoms in total. The van der Waals surface area contributed by atoms with Gasteiger partial charge in [0.2, 0.25) is 0 Å². The lowest BCUT2D eigenvalue weighted by Crippen LogP contribution is -2.04. The van der Waals surface area contributed by atoms with Crippen molar-refractivity contribution in [2.24, 2.45) is 0 Å². The first-order valence-corrected chi connectivity index (χ1v) is 6.35. The molecule has 0 unspecified atom stereocenters. The van der Waals surface area contributed by atoms with Crippen LogP contribution in [0, 0.1) is 0 Å². The molecule has 1 N–H and O–H groups in total. The zero-order chi connectivity index (χ0) is 12.7. The number of methoxy groups -OCH3 is 1. The highest BCUT2D eigenvalue weighted by Crippen LogP contribution is 2.22. The molecule has 4 heteroatoms. The SMILES string of the molecule is CC/C(=C/CSc1cccc(O)c1)C(=O)OC. The largest absolute Gasteiger partial charge is 0.508 e. The second-order valence-corrected chi connectivity index (χ2v) is 4.48. The van der Waals surface area contributed by atoms with Gasteiger partial charge in [0.15, 0.2) is 0 Å². The summed E-state index contributed by atoms with van der Waals surface area (Å²) in [5.41, 5.74) is 0.681. The normalized spacial score (nSPS) is 11.3. The van der Waals surface area contributed by atoms with E-state index in [-0.39, 0.29) is 11.7 Å². The van der Waals surface area contributed by atoms with Crippen LogP contribution >= 0.6 is 11.8 Å². The van der Waals surface area contributed by atoms with Gasteiger partial charge < -0.3 is 9.84 Å². The molecule has 0 bridgehead atoms. The number of aromatic hydroxyl groups is 1. The third kappa shape index (κ3) is 4.53. The van der Waals surface area contributed by atoms with Gasteiger partial charge in [0, 0.05) is 16.2 Å². The van der Waals surface area contributed by atoms with Crippen LogP contribution in [0.25, 0.3) is 0 Å². The Labute approximate surface area is 105 Å². The van der Waals surface area contributed by atoms with E-state index < -0.39 is 0 Å². The van der Waals surface area contributed by atoms with E-state index in [0.717, 1.165) is 4.90 Å². The fraction of sp³-hybridized carbons (Fsp3) is 0.308. The maximum absolute atomic E-state index is 11.3. The summed E-state index contributed by atoms with van der Waals surface area (Å²) < 4.78 is 4.67. The van der Waals surface area contributed by atoms with Crippen LogP contribution in [0.2, 0.25) is 0 Å². The van der Waals surface area contributed by atoms with Crippen molar-refractivity contribution in [3.63, 3.8) is 0 Å². The summed E-state index contributed by atoms with van der Waals surface area (Å²) >= 11 is 1.56. The van der Waals surface area contributed by atoms with Gasteiger partial charge in [0.1, 0.15) is 5.75 Å². The topological polar surface area (TPSA) is 46.5 Å². The molecule has 0 saturated carbocycles. The molecule has 0 aliphatic carbocycles. The van der Waals surface area contributed by atoms with Crippen molar-refractivity contribution < 1.29 is 14.6 Å². The van der Waals surface area contributed by atoms with Crippen molar-refractivity contribution in [3.8, 4) is 5.75 Å². The molecule has 0 heterocycles. The van der Waals surface area contributed by atoms with E-state index in [4.69, 9.17) is 0 Å². The van der Waals surface area contributed by atoms with Gasteiger partial charge in [-0.15, -0.1) is 11.8 Å². The Hall–Kier alpha value is -1.42. The highest BCUT2D eigenvalue weighted by atomic mass is 32.2. The first kappa shape index (κ1) is 13.6. The third-order valence-electron chi connectivity index (χ3n) is 2.23. The lowest BCUT2D eigenvalue weighted by atomic mass is 10.2. The number of esters is 1. The van der Waals surface area contributed by atoms with Crippen molar-refractivity contribution in [3.05, 3.63) is 35.9 Å². The lowest BCUT2D eigenvalue weighted by Gasteiger charge is -2.02. The fourth-order valence-electron chi connectivity index (χ4n) is 1.31. The Morgan fingerprint density at radius 3 is 2.88 bits per heavy atom. The van der Waals surface area contributed by atoms with E-state index >= 15 is 0 Å². The number of phenols is 1. The Morgan fingerprint density at radius 1 is 1.53 bits per heavy atom. The molecule has 0 amide bonds. The average Bonchev–Trinajstić information content (AvgIpc) is 2.34. The van der Waals surface area contributed by atoms with Crippen molar-refractivity contribution in [1.29, 1.82) is 0 Å². The zero-order valence-electron chi connectivity index (χ0n) is 9.97. The second kappa shape index (κ2) is 7.01. The second-order valence-electron chi connectivity index (χ2n) is 3.38. The molecule has 1 aromatic rings. The van der Waals surface area contributed by atoms with Gasteiger partial charge in [-0.1, -0.05) is 19.1 Å². The van der Waals surface area contributed by atoms with Crippen LogP contribution in [0.1, 0.15) is 13.3 Å². The summed E-state index contributed by atoms with van der Waals surface area (Å²) in [5, 5.41) is 9.29. The van der Waals surface area contributed by atoms with Gasteiger partial charge in [-0.05, 0) is 24.6 Å². The van der Waals surface area contributed by atoms with Crippen LogP contribution in [0.5, 0.6) is 5.75 Å². The van der Waals surface area contributed by atoms with E-state index in [9.17, 15) is 9.90 Å². The first-order chi connectivity index (χ1) is 8.17. The Bertz CT molecular complexity index is 413. The molecule has 0 atom stereocenters. The maximum Gasteiger partial charge on any atom is 0.333 e. The minimum Gasteiger partial charge on any atom is -0.508 e. The number of ether oxygens (including phenoxy) is 1. The van der Waals surface area contributed by atoms with Gasteiger partial charge in [0.25, 0.3) is 0 Å². The maximum atomic E-state index is 11.3. The van der Waals surface area contributed by atoms with E-state index in [0.29, 0.717) is 17.7 Å². The smallest absolute Gasteiger partial charge is 0.333 e. The summed E-state index contributed by atoms with van der Waals surface area (Å²) in [6.07, 6.45) is 2.52. The number of carbonyl (C=O) groups excluding carboxylic acids is 1. The predicted molar refractivity (Wildman–Crippen MR) is 69.2 cm³/mol. The van der Waals surface area contributed by atoms with Gasteiger partial charge in [-0.2, -0.15) is 0 Å². The van der Waals surface area contributed by atoms with E-state index in [2.05, 4.69) is 4.74 Å². The molecule has 0 fully saturated rings. The molecular formula is C13H16O3S. The average molecular weight is 252 g/mol. The number of benzene rings is 1.